The number of piperazine rings is 1. The second-order valence-corrected chi connectivity index (χ2v) is 8.64. The van der Waals surface area contributed by atoms with E-state index in [1.54, 1.807) is 12.1 Å². The van der Waals surface area contributed by atoms with Gasteiger partial charge in [0.25, 0.3) is 5.56 Å². The zero-order valence-corrected chi connectivity index (χ0v) is 20.7. The molecule has 32 heavy (non-hydrogen) atoms. The van der Waals surface area contributed by atoms with Crippen LogP contribution in [0.25, 0.3) is 0 Å². The quantitative estimate of drug-likeness (QED) is 0.397. The zero-order chi connectivity index (χ0) is 21.3. The lowest BCUT2D eigenvalue weighted by molar-refractivity contribution is 0.154. The van der Waals surface area contributed by atoms with Gasteiger partial charge in [0, 0.05) is 51.0 Å². The Morgan fingerprint density at radius 3 is 2.62 bits per heavy atom. The molecule has 12 heteroatoms. The first-order valence-corrected chi connectivity index (χ1v) is 10.7. The molecule has 176 valence electrons. The molecule has 2 fully saturated rings. The summed E-state index contributed by atoms with van der Waals surface area (Å²) >= 11 is 12.0. The summed E-state index contributed by atoms with van der Waals surface area (Å²) in [4.78, 5) is 24.5. The van der Waals surface area contributed by atoms with Crippen LogP contribution in [0.3, 0.4) is 0 Å². The van der Waals surface area contributed by atoms with Gasteiger partial charge in [-0.25, -0.2) is 4.98 Å². The Labute approximate surface area is 209 Å². The van der Waals surface area contributed by atoms with Crippen LogP contribution in [-0.4, -0.2) is 71.3 Å². The number of aromatic amines is 1. The fraction of sp³-hybridized carbons (Fsp3) is 0.450. The van der Waals surface area contributed by atoms with Gasteiger partial charge in [-0.3, -0.25) is 14.7 Å². The number of benzene rings is 1. The highest BCUT2D eigenvalue weighted by atomic mass is 35.5. The summed E-state index contributed by atoms with van der Waals surface area (Å²) in [6.45, 7) is 4.10. The summed E-state index contributed by atoms with van der Waals surface area (Å²) in [5, 5.41) is 14.9. The maximum atomic E-state index is 12.6. The standard InChI is InChI=1S/C20H25Cl2N7O.2ClH/c1-28-10-14-7-13(28)11-29(14)5-4-24-18-17(8-23)26-20(27-19(18)30)25-9-12-2-3-15(21)16(22)6-12;;/h2-3,6,8,13-14,23-24H,4-5,7,9-11H2,1H3,(H2,25,26,27,30);2*1H. The van der Waals surface area contributed by atoms with Gasteiger partial charge in [0.2, 0.25) is 5.95 Å². The first kappa shape index (κ1) is 26.7. The molecular weight excluding hydrogens is 496 g/mol. The van der Waals surface area contributed by atoms with Crippen LogP contribution in [0.15, 0.2) is 23.0 Å². The summed E-state index contributed by atoms with van der Waals surface area (Å²) in [6.07, 6.45) is 2.32. The number of hydrogen-bond donors (Lipinski definition) is 4. The lowest BCUT2D eigenvalue weighted by Gasteiger charge is -2.31. The fourth-order valence-corrected chi connectivity index (χ4v) is 4.55. The van der Waals surface area contributed by atoms with Crippen molar-refractivity contribution in [2.45, 2.75) is 25.0 Å². The number of hydrogen-bond acceptors (Lipinski definition) is 7. The number of likely N-dealkylation sites (tertiary alicyclic amines) is 2. The number of rotatable bonds is 8. The summed E-state index contributed by atoms with van der Waals surface area (Å²) in [5.41, 5.74) is 1.23. The molecule has 2 atom stereocenters. The minimum Gasteiger partial charge on any atom is -0.377 e. The van der Waals surface area contributed by atoms with E-state index in [4.69, 9.17) is 28.6 Å². The molecule has 2 saturated heterocycles. The Morgan fingerprint density at radius 1 is 1.22 bits per heavy atom. The molecule has 2 aliphatic rings. The Hall–Kier alpha value is -1.55. The SMILES string of the molecule is CN1CC2CC1CN2CCNc1c(C=N)nc(NCc2ccc(Cl)c(Cl)c2)[nH]c1=O.Cl.Cl. The number of halogens is 4. The van der Waals surface area contributed by atoms with E-state index < -0.39 is 0 Å². The number of anilines is 2. The van der Waals surface area contributed by atoms with E-state index in [1.807, 2.05) is 6.07 Å². The smallest absolute Gasteiger partial charge is 0.276 e. The van der Waals surface area contributed by atoms with Crippen LogP contribution in [0.4, 0.5) is 11.6 Å². The van der Waals surface area contributed by atoms with Crippen LogP contribution in [0.2, 0.25) is 10.0 Å². The van der Waals surface area contributed by atoms with Gasteiger partial charge in [-0.2, -0.15) is 0 Å². The highest BCUT2D eigenvalue weighted by Gasteiger charge is 2.40. The molecule has 8 nitrogen and oxygen atoms in total. The van der Waals surface area contributed by atoms with Crippen molar-refractivity contribution in [3.63, 3.8) is 0 Å². The third-order valence-corrected chi connectivity index (χ3v) is 6.60. The van der Waals surface area contributed by atoms with Crippen LogP contribution >= 0.6 is 48.0 Å². The Bertz CT molecular complexity index is 1000. The number of likely N-dealkylation sites (N-methyl/N-ethyl adjacent to an activating group) is 1. The van der Waals surface area contributed by atoms with Gasteiger partial charge in [0.05, 0.1) is 10.0 Å². The second-order valence-electron chi connectivity index (χ2n) is 7.83. The average molecular weight is 523 g/mol. The number of nitrogens with zero attached hydrogens (tertiary/aromatic N) is 3. The van der Waals surface area contributed by atoms with E-state index in [2.05, 4.69) is 37.4 Å². The molecule has 2 aromatic rings. The zero-order valence-electron chi connectivity index (χ0n) is 17.5. The summed E-state index contributed by atoms with van der Waals surface area (Å²) < 4.78 is 0. The summed E-state index contributed by atoms with van der Waals surface area (Å²) in [6, 6.07) is 6.57. The normalized spacial score (nSPS) is 19.8. The predicted octanol–water partition coefficient (Wildman–Crippen LogP) is 3.33. The molecule has 4 rings (SSSR count). The number of H-pyrrole nitrogens is 1. The van der Waals surface area contributed by atoms with Gasteiger partial charge in [0.15, 0.2) is 0 Å². The van der Waals surface area contributed by atoms with Gasteiger partial charge in [-0.1, -0.05) is 29.3 Å². The number of nitrogens with one attached hydrogen (secondary N) is 4. The van der Waals surface area contributed by atoms with Gasteiger partial charge in [0.1, 0.15) is 11.4 Å². The Morgan fingerprint density at radius 2 is 2.00 bits per heavy atom. The third-order valence-electron chi connectivity index (χ3n) is 5.86. The minimum absolute atomic E-state index is 0. The van der Waals surface area contributed by atoms with Crippen molar-refractivity contribution in [2.75, 3.05) is 43.9 Å². The van der Waals surface area contributed by atoms with Crippen molar-refractivity contribution >= 4 is 65.9 Å². The highest BCUT2D eigenvalue weighted by molar-refractivity contribution is 6.42. The van der Waals surface area contributed by atoms with Crippen molar-refractivity contribution in [2.24, 2.45) is 0 Å². The maximum absolute atomic E-state index is 12.6. The molecule has 0 aliphatic carbocycles. The molecule has 1 aromatic carbocycles. The van der Waals surface area contributed by atoms with Crippen LogP contribution in [0.1, 0.15) is 17.7 Å². The van der Waals surface area contributed by atoms with Gasteiger partial charge in [-0.05, 0) is 31.2 Å². The van der Waals surface area contributed by atoms with Crippen molar-refractivity contribution in [1.82, 2.24) is 19.8 Å². The van der Waals surface area contributed by atoms with E-state index in [9.17, 15) is 4.79 Å². The monoisotopic (exact) mass is 521 g/mol. The minimum atomic E-state index is -0.303. The largest absolute Gasteiger partial charge is 0.377 e. The second kappa shape index (κ2) is 11.5. The topological polar surface area (TPSA) is 100 Å². The van der Waals surface area contributed by atoms with Gasteiger partial charge in [-0.15, -0.1) is 24.8 Å². The van der Waals surface area contributed by atoms with E-state index in [0.717, 1.165) is 31.4 Å². The predicted molar refractivity (Wildman–Crippen MR) is 136 cm³/mol. The van der Waals surface area contributed by atoms with Crippen LogP contribution in [0.5, 0.6) is 0 Å². The first-order chi connectivity index (χ1) is 14.4. The van der Waals surface area contributed by atoms with E-state index in [-0.39, 0.29) is 30.4 Å². The lowest BCUT2D eigenvalue weighted by Crippen LogP contribution is -2.46. The number of fused-ring (bicyclic) bond motifs is 2. The van der Waals surface area contributed by atoms with E-state index in [1.165, 1.54) is 6.42 Å². The van der Waals surface area contributed by atoms with Crippen molar-refractivity contribution in [3.8, 4) is 0 Å². The van der Waals surface area contributed by atoms with Crippen molar-refractivity contribution < 1.29 is 0 Å². The van der Waals surface area contributed by atoms with E-state index >= 15 is 0 Å². The fourth-order valence-electron chi connectivity index (χ4n) is 4.23. The number of aromatic nitrogens is 2. The highest BCUT2D eigenvalue weighted by Crippen LogP contribution is 2.28. The Kier molecular flexibility index (Phi) is 9.63. The molecule has 1 aromatic heterocycles. The average Bonchev–Trinajstić information content (AvgIpc) is 3.29. The molecular formula is C20H27Cl4N7O. The molecule has 0 spiro atoms. The summed E-state index contributed by atoms with van der Waals surface area (Å²) in [7, 11) is 2.18. The van der Waals surface area contributed by atoms with Crippen LogP contribution in [-0.2, 0) is 6.54 Å². The van der Waals surface area contributed by atoms with Crippen molar-refractivity contribution in [1.29, 1.82) is 5.41 Å². The van der Waals surface area contributed by atoms with Crippen molar-refractivity contribution in [3.05, 3.63) is 49.9 Å². The van der Waals surface area contributed by atoms with Gasteiger partial charge >= 0.3 is 0 Å². The first-order valence-electron chi connectivity index (χ1n) is 9.95. The molecule has 3 heterocycles. The molecule has 2 bridgehead atoms. The molecule has 2 aliphatic heterocycles. The molecule has 4 N–H and O–H groups in total. The maximum Gasteiger partial charge on any atom is 0.276 e. The Balaban J connectivity index is 0.00000181. The molecule has 0 radical (unpaired) electrons. The lowest BCUT2D eigenvalue weighted by atomic mass is 10.2. The molecule has 0 saturated carbocycles. The van der Waals surface area contributed by atoms with Crippen LogP contribution < -0.4 is 16.2 Å². The third kappa shape index (κ3) is 5.87. The van der Waals surface area contributed by atoms with E-state index in [0.29, 0.717) is 52.5 Å². The summed E-state index contributed by atoms with van der Waals surface area (Å²) in [5.74, 6) is 0.301. The molecule has 2 unspecified atom stereocenters. The van der Waals surface area contributed by atoms with Gasteiger partial charge < -0.3 is 20.9 Å². The van der Waals surface area contributed by atoms with Crippen LogP contribution in [0, 0.1) is 5.41 Å². The molecule has 0 amide bonds.